The van der Waals surface area contributed by atoms with E-state index in [1.54, 1.807) is 16.0 Å². The van der Waals surface area contributed by atoms with E-state index in [2.05, 4.69) is 36.8 Å². The molecule has 0 aliphatic carbocycles. The summed E-state index contributed by atoms with van der Waals surface area (Å²) in [6.45, 7) is 13.0. The van der Waals surface area contributed by atoms with Crippen molar-refractivity contribution < 1.29 is 19.1 Å². The van der Waals surface area contributed by atoms with E-state index < -0.39 is 5.60 Å². The van der Waals surface area contributed by atoms with Crippen LogP contribution in [0, 0.1) is 23.2 Å². The van der Waals surface area contributed by atoms with Gasteiger partial charge in [0.1, 0.15) is 23.2 Å². The van der Waals surface area contributed by atoms with Gasteiger partial charge in [0.15, 0.2) is 12.3 Å². The van der Waals surface area contributed by atoms with E-state index in [0.717, 1.165) is 16.5 Å². The van der Waals surface area contributed by atoms with E-state index >= 15 is 0 Å². The first kappa shape index (κ1) is 33.2. The number of carbonyl (C=O) groups is 2. The first-order valence-electron chi connectivity index (χ1n) is 16.1. The number of nitrogens with zero attached hydrogens (tertiary/aromatic N) is 8. The van der Waals surface area contributed by atoms with Crippen LogP contribution < -0.4 is 9.64 Å². The molecule has 0 unspecified atom stereocenters. The summed E-state index contributed by atoms with van der Waals surface area (Å²) in [7, 11) is 0. The van der Waals surface area contributed by atoms with E-state index in [0.29, 0.717) is 65.1 Å². The molecule has 1 aromatic carbocycles. The fourth-order valence-electron chi connectivity index (χ4n) is 6.39. The lowest BCUT2D eigenvalue weighted by molar-refractivity contribution is -0.121. The fraction of sp³-hybridized carbons (Fsp3) is 0.457. The number of fused-ring (bicyclic) bond motifs is 2. The highest BCUT2D eigenvalue weighted by Crippen LogP contribution is 2.41. The summed E-state index contributed by atoms with van der Waals surface area (Å²) in [6.07, 6.45) is 5.75. The largest absolute Gasteiger partial charge is 0.482 e. The Balaban J connectivity index is 1.39. The van der Waals surface area contributed by atoms with Crippen LogP contribution in [0.4, 0.5) is 10.5 Å². The maximum absolute atomic E-state index is 12.9. The van der Waals surface area contributed by atoms with E-state index in [-0.39, 0.29) is 43.0 Å². The van der Waals surface area contributed by atoms with Crippen LogP contribution in [-0.4, -0.2) is 66.9 Å². The molecule has 0 bridgehead atoms. The Morgan fingerprint density at radius 2 is 1.96 bits per heavy atom. The van der Waals surface area contributed by atoms with E-state index in [1.807, 2.05) is 43.7 Å². The molecule has 1 saturated heterocycles. The SMILES string of the molecule is CC(C)Cc1nc2c(cnn2[C@@H]2CCN(C(=O)OC(C)(C)C)C[C@H]2C)c(-c2ccc3c(c2)OCC(=O)N3Cc2ncc(Cl)cn2)c1C#N. The van der Waals surface area contributed by atoms with Crippen molar-refractivity contribution in [1.82, 2.24) is 29.6 Å². The van der Waals surface area contributed by atoms with Crippen LogP contribution in [0.15, 0.2) is 36.8 Å². The predicted molar refractivity (Wildman–Crippen MR) is 181 cm³/mol. The Labute approximate surface area is 284 Å². The Bertz CT molecular complexity index is 1910. The third kappa shape index (κ3) is 6.65. The van der Waals surface area contributed by atoms with Crippen molar-refractivity contribution >= 4 is 40.3 Å². The molecule has 0 spiro atoms. The lowest BCUT2D eigenvalue weighted by Gasteiger charge is -2.37. The molecule has 12 nitrogen and oxygen atoms in total. The monoisotopic (exact) mass is 670 g/mol. The maximum atomic E-state index is 12.9. The molecule has 6 rings (SSSR count). The van der Waals surface area contributed by atoms with Gasteiger partial charge in [0.25, 0.3) is 5.91 Å². The standard InChI is InChI=1S/C35H39ClN8O4/c1-20(2)11-26-24(13-37)32(22-7-8-28-29(12-22)47-19-31(45)43(28)18-30-38-14-23(36)15-39-30)25-16-40-44(33(25)41-26)27-9-10-42(17-21(27)3)34(46)48-35(4,5)6/h7-8,12,14-16,20-21,27H,9-11,17-19H2,1-6H3/t21-,27-/m1/s1. The molecule has 3 aromatic heterocycles. The van der Waals surface area contributed by atoms with Gasteiger partial charge in [-0.15, -0.1) is 0 Å². The molecule has 2 aliphatic heterocycles. The third-order valence-electron chi connectivity index (χ3n) is 8.52. The molecule has 4 aromatic rings. The number of amides is 2. The molecule has 48 heavy (non-hydrogen) atoms. The molecule has 2 amide bonds. The van der Waals surface area contributed by atoms with Crippen molar-refractivity contribution in [3.05, 3.63) is 58.9 Å². The first-order chi connectivity index (χ1) is 22.8. The molecule has 13 heteroatoms. The number of nitriles is 1. The highest BCUT2D eigenvalue weighted by atomic mass is 35.5. The molecular weight excluding hydrogens is 632 g/mol. The van der Waals surface area contributed by atoms with E-state index in [1.165, 1.54) is 12.4 Å². The highest BCUT2D eigenvalue weighted by Gasteiger charge is 2.34. The lowest BCUT2D eigenvalue weighted by atomic mass is 9.92. The third-order valence-corrected chi connectivity index (χ3v) is 8.72. The maximum Gasteiger partial charge on any atom is 0.410 e. The summed E-state index contributed by atoms with van der Waals surface area (Å²) < 4.78 is 13.5. The molecule has 2 aliphatic rings. The topological polar surface area (TPSA) is 139 Å². The average molecular weight is 671 g/mol. The number of piperidine rings is 1. The number of ether oxygens (including phenoxy) is 2. The number of anilines is 1. The van der Waals surface area contributed by atoms with Crippen LogP contribution in [0.1, 0.15) is 71.1 Å². The first-order valence-corrected chi connectivity index (χ1v) is 16.5. The van der Waals surface area contributed by atoms with Gasteiger partial charge in [-0.05, 0) is 63.1 Å². The van der Waals surface area contributed by atoms with Gasteiger partial charge in [0.2, 0.25) is 0 Å². The Morgan fingerprint density at radius 1 is 1.21 bits per heavy atom. The zero-order valence-corrected chi connectivity index (χ0v) is 28.8. The van der Waals surface area contributed by atoms with Crippen LogP contribution in [0.25, 0.3) is 22.2 Å². The molecule has 2 atom stereocenters. The van der Waals surface area contributed by atoms with Crippen LogP contribution in [0.5, 0.6) is 5.75 Å². The lowest BCUT2D eigenvalue weighted by Crippen LogP contribution is -2.45. The number of halogens is 1. The molecule has 0 saturated carbocycles. The zero-order chi connectivity index (χ0) is 34.3. The minimum absolute atomic E-state index is 0.0112. The normalized spacial score (nSPS) is 18.1. The molecule has 0 N–H and O–H groups in total. The molecule has 250 valence electrons. The number of hydrogen-bond acceptors (Lipinski definition) is 9. The molecular formula is C35H39ClN8O4. The summed E-state index contributed by atoms with van der Waals surface area (Å²) >= 11 is 5.96. The van der Waals surface area contributed by atoms with Crippen molar-refractivity contribution in [3.63, 3.8) is 0 Å². The minimum Gasteiger partial charge on any atom is -0.482 e. The Hall–Kier alpha value is -4.76. The van der Waals surface area contributed by atoms with Crippen LogP contribution in [0.2, 0.25) is 5.02 Å². The smallest absolute Gasteiger partial charge is 0.410 e. The Morgan fingerprint density at radius 3 is 2.62 bits per heavy atom. The number of aromatic nitrogens is 5. The Kier molecular flexibility index (Phi) is 9.00. The van der Waals surface area contributed by atoms with Crippen molar-refractivity contribution in [2.75, 3.05) is 24.6 Å². The van der Waals surface area contributed by atoms with Crippen molar-refractivity contribution in [2.45, 2.75) is 72.6 Å². The van der Waals surface area contributed by atoms with Gasteiger partial charge in [0, 0.05) is 36.4 Å². The van der Waals surface area contributed by atoms with Gasteiger partial charge in [0.05, 0.1) is 40.8 Å². The highest BCUT2D eigenvalue weighted by molar-refractivity contribution is 6.30. The van der Waals surface area contributed by atoms with Crippen LogP contribution >= 0.6 is 11.6 Å². The molecule has 0 radical (unpaired) electrons. The fourth-order valence-corrected chi connectivity index (χ4v) is 6.49. The second-order valence-electron chi connectivity index (χ2n) is 13.9. The summed E-state index contributed by atoms with van der Waals surface area (Å²) in [5.41, 5.74) is 3.37. The van der Waals surface area contributed by atoms with Gasteiger partial charge < -0.3 is 14.4 Å². The summed E-state index contributed by atoms with van der Waals surface area (Å²) in [5.74, 6) is 1.07. The minimum atomic E-state index is -0.568. The number of likely N-dealkylation sites (tertiary alicyclic amines) is 1. The second kappa shape index (κ2) is 13.0. The number of pyridine rings is 1. The number of carbonyl (C=O) groups excluding carboxylic acids is 2. The van der Waals surface area contributed by atoms with Crippen LogP contribution in [0.3, 0.4) is 0 Å². The van der Waals surface area contributed by atoms with Gasteiger partial charge in [-0.3, -0.25) is 9.69 Å². The average Bonchev–Trinajstić information content (AvgIpc) is 3.44. The van der Waals surface area contributed by atoms with Gasteiger partial charge >= 0.3 is 6.09 Å². The van der Waals surface area contributed by atoms with Gasteiger partial charge in [-0.2, -0.15) is 10.4 Å². The number of rotatable bonds is 6. The van der Waals surface area contributed by atoms with Crippen LogP contribution in [-0.2, 0) is 22.5 Å². The molecule has 1 fully saturated rings. The zero-order valence-electron chi connectivity index (χ0n) is 28.0. The van der Waals surface area contributed by atoms with Gasteiger partial charge in [-0.25, -0.2) is 24.4 Å². The van der Waals surface area contributed by atoms with Crippen molar-refractivity contribution in [2.24, 2.45) is 11.8 Å². The van der Waals surface area contributed by atoms with Crippen molar-refractivity contribution in [1.29, 1.82) is 5.26 Å². The number of benzene rings is 1. The second-order valence-corrected chi connectivity index (χ2v) is 14.3. The van der Waals surface area contributed by atoms with Crippen molar-refractivity contribution in [3.8, 4) is 22.9 Å². The predicted octanol–water partition coefficient (Wildman–Crippen LogP) is 6.36. The molecule has 5 heterocycles. The van der Waals surface area contributed by atoms with Gasteiger partial charge in [-0.1, -0.05) is 38.4 Å². The summed E-state index contributed by atoms with van der Waals surface area (Å²) in [6, 6.07) is 8.01. The number of hydrogen-bond donors (Lipinski definition) is 0. The summed E-state index contributed by atoms with van der Waals surface area (Å²) in [4.78, 5) is 42.7. The summed E-state index contributed by atoms with van der Waals surface area (Å²) in [5, 5.41) is 16.5. The van der Waals surface area contributed by atoms with E-state index in [9.17, 15) is 14.9 Å². The quantitative estimate of drug-likeness (QED) is 0.229. The van der Waals surface area contributed by atoms with E-state index in [4.69, 9.17) is 31.2 Å².